The van der Waals surface area contributed by atoms with Crippen LogP contribution in [0.3, 0.4) is 0 Å². The molecule has 7 heteroatoms. The molecule has 0 aliphatic heterocycles. The number of imidazole rings is 1. The number of hydrogen-bond donors (Lipinski definition) is 0. The molecule has 0 saturated carbocycles. The molecule has 0 aliphatic rings. The van der Waals surface area contributed by atoms with Gasteiger partial charge in [0, 0.05) is 39.9 Å². The Morgan fingerprint density at radius 3 is 2.60 bits per heavy atom. The Bertz CT molecular complexity index is 1260. The minimum atomic E-state index is -0.319. The first kappa shape index (κ1) is 21.1. The van der Waals surface area contributed by atoms with E-state index in [1.807, 2.05) is 39.1 Å². The van der Waals surface area contributed by atoms with Gasteiger partial charge < -0.3 is 4.57 Å². The first-order valence-electron chi connectivity index (χ1n) is 10.1. The number of rotatable bonds is 6. The highest BCUT2D eigenvalue weighted by Crippen LogP contribution is 2.26. The third-order valence-electron chi connectivity index (χ3n) is 5.40. The lowest BCUT2D eigenvalue weighted by Crippen LogP contribution is -2.35. The molecule has 0 N–H and O–H groups in total. The molecule has 30 heavy (non-hydrogen) atoms. The Morgan fingerprint density at radius 1 is 1.07 bits per heavy atom. The maximum absolute atomic E-state index is 13.4. The highest BCUT2D eigenvalue weighted by molar-refractivity contribution is 7.98. The van der Waals surface area contributed by atoms with Gasteiger partial charge in [-0.2, -0.15) is 11.8 Å². The monoisotopic (exact) mass is 442 g/mol. The average molecular weight is 443 g/mol. The summed E-state index contributed by atoms with van der Waals surface area (Å²) in [6.45, 7) is 7.57. The fourth-order valence-electron chi connectivity index (χ4n) is 4.13. The molecule has 0 bridgehead atoms. The van der Waals surface area contributed by atoms with Crippen molar-refractivity contribution >= 4 is 45.3 Å². The summed E-state index contributed by atoms with van der Waals surface area (Å²) in [5, 5.41) is 1.83. The molecule has 0 fully saturated rings. The smallest absolute Gasteiger partial charge is 0.330 e. The molecule has 0 radical (unpaired) electrons. The van der Waals surface area contributed by atoms with E-state index in [4.69, 9.17) is 11.6 Å². The number of aromatic nitrogens is 4. The summed E-state index contributed by atoms with van der Waals surface area (Å²) in [5.41, 5.74) is 3.70. The van der Waals surface area contributed by atoms with Crippen molar-refractivity contribution in [2.24, 2.45) is 0 Å². The van der Waals surface area contributed by atoms with Crippen LogP contribution in [0.2, 0.25) is 5.02 Å². The molecule has 3 heterocycles. The van der Waals surface area contributed by atoms with Gasteiger partial charge in [0.15, 0.2) is 0 Å². The van der Waals surface area contributed by atoms with E-state index >= 15 is 0 Å². The molecule has 1 aromatic carbocycles. The first-order chi connectivity index (χ1) is 14.3. The van der Waals surface area contributed by atoms with Gasteiger partial charge >= 0.3 is 5.69 Å². The second kappa shape index (κ2) is 8.16. The molecule has 0 spiro atoms. The van der Waals surface area contributed by atoms with Gasteiger partial charge in [-0.1, -0.05) is 11.6 Å². The van der Waals surface area contributed by atoms with Crippen molar-refractivity contribution in [1.29, 1.82) is 0 Å². The van der Waals surface area contributed by atoms with E-state index < -0.39 is 0 Å². The predicted octanol–water partition coefficient (Wildman–Crippen LogP) is 5.36. The van der Waals surface area contributed by atoms with Gasteiger partial charge in [-0.3, -0.25) is 14.1 Å². The Balaban J connectivity index is 1.87. The Morgan fingerprint density at radius 2 is 1.87 bits per heavy atom. The maximum atomic E-state index is 13.4. The second-order valence-electron chi connectivity index (χ2n) is 8.58. The van der Waals surface area contributed by atoms with Crippen LogP contribution in [-0.4, -0.2) is 30.7 Å². The number of halogens is 1. The van der Waals surface area contributed by atoms with Crippen molar-refractivity contribution in [2.45, 2.75) is 45.8 Å². The van der Waals surface area contributed by atoms with Crippen molar-refractivity contribution in [3.63, 3.8) is 0 Å². The van der Waals surface area contributed by atoms with Crippen LogP contribution in [0.5, 0.6) is 0 Å². The topological polar surface area (TPSA) is 44.8 Å². The Kier molecular flexibility index (Phi) is 5.73. The van der Waals surface area contributed by atoms with E-state index in [9.17, 15) is 4.79 Å². The van der Waals surface area contributed by atoms with Crippen LogP contribution >= 0.6 is 23.4 Å². The zero-order chi connectivity index (χ0) is 21.5. The normalized spacial score (nSPS) is 12.3. The molecule has 4 aromatic rings. The molecule has 0 amide bonds. The SMILES string of the molecule is CSCCCn1c(Cn2c(=O)n(C(C)(C)C)c3ccncc32)cc2cc(Cl)ccc21. The van der Waals surface area contributed by atoms with Crippen LogP contribution in [0, 0.1) is 0 Å². The molecule has 0 aliphatic carbocycles. The van der Waals surface area contributed by atoms with E-state index in [0.29, 0.717) is 6.54 Å². The lowest BCUT2D eigenvalue weighted by molar-refractivity contribution is 0.390. The van der Waals surface area contributed by atoms with Crippen LogP contribution in [-0.2, 0) is 18.6 Å². The zero-order valence-corrected chi connectivity index (χ0v) is 19.4. The molecule has 0 unspecified atom stereocenters. The predicted molar refractivity (Wildman–Crippen MR) is 128 cm³/mol. The van der Waals surface area contributed by atoms with Crippen molar-refractivity contribution in [1.82, 2.24) is 18.7 Å². The largest absolute Gasteiger partial charge is 0.343 e. The van der Waals surface area contributed by atoms with E-state index in [1.54, 1.807) is 12.4 Å². The van der Waals surface area contributed by atoms with Crippen molar-refractivity contribution < 1.29 is 0 Å². The summed E-state index contributed by atoms with van der Waals surface area (Å²) in [7, 11) is 0. The third kappa shape index (κ3) is 3.79. The van der Waals surface area contributed by atoms with Gasteiger partial charge in [0.1, 0.15) is 0 Å². The first-order valence-corrected chi connectivity index (χ1v) is 11.9. The Hall–Kier alpha value is -2.18. The van der Waals surface area contributed by atoms with Crippen LogP contribution in [0.25, 0.3) is 21.9 Å². The fraction of sp³-hybridized carbons (Fsp3) is 0.391. The van der Waals surface area contributed by atoms with Crippen LogP contribution in [0.15, 0.2) is 47.5 Å². The standard InChI is InChI=1S/C23H27ClN4OS/c1-23(2,3)28-20-8-9-25-14-21(20)27(22(28)29)15-18-13-16-12-17(24)6-7-19(16)26(18)10-5-11-30-4/h6-9,12-14H,5,10-11,15H2,1-4H3. The highest BCUT2D eigenvalue weighted by Gasteiger charge is 2.23. The third-order valence-corrected chi connectivity index (χ3v) is 6.33. The molecule has 0 saturated heterocycles. The van der Waals surface area contributed by atoms with Crippen LogP contribution in [0.1, 0.15) is 32.9 Å². The summed E-state index contributed by atoms with van der Waals surface area (Å²) in [5.74, 6) is 1.10. The molecule has 158 valence electrons. The van der Waals surface area contributed by atoms with Gasteiger partial charge in [0.25, 0.3) is 0 Å². The summed E-state index contributed by atoms with van der Waals surface area (Å²) >= 11 is 8.10. The number of benzene rings is 1. The highest BCUT2D eigenvalue weighted by atomic mass is 35.5. The number of nitrogens with zero attached hydrogens (tertiary/aromatic N) is 4. The van der Waals surface area contributed by atoms with Crippen molar-refractivity contribution in [3.8, 4) is 0 Å². The quantitative estimate of drug-likeness (QED) is 0.377. The summed E-state index contributed by atoms with van der Waals surface area (Å²) in [6, 6.07) is 10.1. The molecule has 4 rings (SSSR count). The van der Waals surface area contributed by atoms with E-state index in [2.05, 4.69) is 48.7 Å². The molecule has 5 nitrogen and oxygen atoms in total. The average Bonchev–Trinajstić information content (AvgIpc) is 3.16. The minimum Gasteiger partial charge on any atom is -0.343 e. The second-order valence-corrected chi connectivity index (χ2v) is 10.00. The summed E-state index contributed by atoms with van der Waals surface area (Å²) < 4.78 is 6.03. The number of thioether (sulfide) groups is 1. The molecular weight excluding hydrogens is 416 g/mol. The molecular formula is C23H27ClN4OS. The summed E-state index contributed by atoms with van der Waals surface area (Å²) in [4.78, 5) is 17.7. The number of hydrogen-bond acceptors (Lipinski definition) is 3. The molecule has 3 aromatic heterocycles. The number of aryl methyl sites for hydroxylation is 1. The van der Waals surface area contributed by atoms with Gasteiger partial charge in [-0.25, -0.2) is 4.79 Å². The van der Waals surface area contributed by atoms with Gasteiger partial charge in [-0.05, 0) is 69.5 Å². The van der Waals surface area contributed by atoms with Crippen LogP contribution in [0.4, 0.5) is 0 Å². The fourth-order valence-corrected chi connectivity index (χ4v) is 4.73. The van der Waals surface area contributed by atoms with E-state index in [-0.39, 0.29) is 11.2 Å². The van der Waals surface area contributed by atoms with Crippen LogP contribution < -0.4 is 5.69 Å². The Labute approximate surface area is 185 Å². The lowest BCUT2D eigenvalue weighted by Gasteiger charge is -2.20. The number of fused-ring (bicyclic) bond motifs is 2. The zero-order valence-electron chi connectivity index (χ0n) is 17.9. The lowest BCUT2D eigenvalue weighted by atomic mass is 10.1. The van der Waals surface area contributed by atoms with Gasteiger partial charge in [0.2, 0.25) is 0 Å². The van der Waals surface area contributed by atoms with Crippen molar-refractivity contribution in [3.05, 3.63) is 63.9 Å². The maximum Gasteiger partial charge on any atom is 0.330 e. The van der Waals surface area contributed by atoms with E-state index in [0.717, 1.165) is 51.4 Å². The van der Waals surface area contributed by atoms with E-state index in [1.165, 1.54) is 0 Å². The minimum absolute atomic E-state index is 0.00977. The summed E-state index contributed by atoms with van der Waals surface area (Å²) in [6.07, 6.45) is 6.73. The molecule has 0 atom stereocenters. The number of pyridine rings is 1. The van der Waals surface area contributed by atoms with Gasteiger partial charge in [-0.15, -0.1) is 0 Å². The van der Waals surface area contributed by atoms with Crippen molar-refractivity contribution in [2.75, 3.05) is 12.0 Å². The van der Waals surface area contributed by atoms with Gasteiger partial charge in [0.05, 0.1) is 23.8 Å².